The zero-order valence-electron chi connectivity index (χ0n) is 15.6. The first-order chi connectivity index (χ1) is 14.3. The van der Waals surface area contributed by atoms with Gasteiger partial charge < -0.3 is 14.1 Å². The molecule has 0 unspecified atom stereocenters. The molecule has 0 saturated carbocycles. The lowest BCUT2D eigenvalue weighted by Crippen LogP contribution is -2.34. The van der Waals surface area contributed by atoms with Gasteiger partial charge >= 0.3 is 0 Å². The lowest BCUT2D eigenvalue weighted by atomic mass is 10.2. The van der Waals surface area contributed by atoms with Crippen molar-refractivity contribution in [3.05, 3.63) is 96.9 Å². The van der Waals surface area contributed by atoms with Crippen LogP contribution in [0.25, 0.3) is 11.5 Å². The van der Waals surface area contributed by atoms with E-state index in [4.69, 9.17) is 9.15 Å². The van der Waals surface area contributed by atoms with Crippen LogP contribution in [0.5, 0.6) is 5.75 Å². The first-order valence-electron chi connectivity index (χ1n) is 9.18. The molecular formula is C23H19N3O3. The molecule has 6 heteroatoms. The second kappa shape index (κ2) is 8.84. The summed E-state index contributed by atoms with van der Waals surface area (Å²) in [6, 6.07) is 26.6. The van der Waals surface area contributed by atoms with Crippen molar-refractivity contribution in [2.45, 2.75) is 6.54 Å². The highest BCUT2D eigenvalue weighted by Crippen LogP contribution is 2.21. The standard InChI is InChI=1S/C23H19N3O3/c27-22(16-28-21-13-11-19(12-14-21)23-25-24-17-29-23)26(20-9-5-2-6-10-20)15-18-7-3-1-4-8-18/h1-14,17H,15-16H2. The maximum Gasteiger partial charge on any atom is 0.265 e. The number of nitrogens with zero attached hydrogens (tertiary/aromatic N) is 3. The maximum atomic E-state index is 12.9. The van der Waals surface area contributed by atoms with Gasteiger partial charge in [-0.2, -0.15) is 0 Å². The molecule has 1 amide bonds. The summed E-state index contributed by atoms with van der Waals surface area (Å²) in [6.45, 7) is 0.408. The largest absolute Gasteiger partial charge is 0.484 e. The van der Waals surface area contributed by atoms with Crippen LogP contribution in [-0.4, -0.2) is 22.7 Å². The summed E-state index contributed by atoms with van der Waals surface area (Å²) in [5.41, 5.74) is 2.67. The molecule has 0 aliphatic rings. The highest BCUT2D eigenvalue weighted by atomic mass is 16.5. The number of carbonyl (C=O) groups excluding carboxylic acids is 1. The van der Waals surface area contributed by atoms with E-state index in [1.165, 1.54) is 6.39 Å². The van der Waals surface area contributed by atoms with Crippen molar-refractivity contribution in [3.8, 4) is 17.2 Å². The molecule has 0 N–H and O–H groups in total. The van der Waals surface area contributed by atoms with Crippen molar-refractivity contribution in [1.82, 2.24) is 10.2 Å². The first-order valence-corrected chi connectivity index (χ1v) is 9.18. The van der Waals surface area contributed by atoms with E-state index in [9.17, 15) is 4.79 Å². The number of hydrogen-bond acceptors (Lipinski definition) is 5. The molecule has 1 heterocycles. The Morgan fingerprint density at radius 3 is 2.24 bits per heavy atom. The van der Waals surface area contributed by atoms with E-state index in [0.717, 1.165) is 16.8 Å². The van der Waals surface area contributed by atoms with Crippen LogP contribution in [-0.2, 0) is 11.3 Å². The van der Waals surface area contributed by atoms with E-state index in [0.29, 0.717) is 18.2 Å². The molecule has 1 aromatic heterocycles. The third kappa shape index (κ3) is 4.68. The molecule has 0 saturated heterocycles. The predicted octanol–water partition coefficient (Wildman–Crippen LogP) is 4.35. The van der Waals surface area contributed by atoms with Crippen molar-refractivity contribution >= 4 is 11.6 Å². The molecular weight excluding hydrogens is 366 g/mol. The van der Waals surface area contributed by atoms with Crippen LogP contribution in [0.1, 0.15) is 5.56 Å². The quantitative estimate of drug-likeness (QED) is 0.473. The molecule has 0 aliphatic carbocycles. The van der Waals surface area contributed by atoms with E-state index in [1.807, 2.05) is 72.8 Å². The van der Waals surface area contributed by atoms with Gasteiger partial charge in [-0.15, -0.1) is 10.2 Å². The molecule has 4 aromatic rings. The number of rotatable bonds is 7. The fourth-order valence-electron chi connectivity index (χ4n) is 2.91. The second-order valence-corrected chi connectivity index (χ2v) is 6.36. The van der Waals surface area contributed by atoms with Gasteiger partial charge in [-0.25, -0.2) is 0 Å². The molecule has 4 rings (SSSR count). The number of aromatic nitrogens is 2. The zero-order chi connectivity index (χ0) is 19.9. The van der Waals surface area contributed by atoms with Gasteiger partial charge in [-0.3, -0.25) is 4.79 Å². The minimum atomic E-state index is -0.124. The van der Waals surface area contributed by atoms with Crippen molar-refractivity contribution in [2.24, 2.45) is 0 Å². The van der Waals surface area contributed by atoms with Crippen LogP contribution in [0.15, 0.2) is 95.7 Å². The summed E-state index contributed by atoms with van der Waals surface area (Å²) in [5, 5.41) is 7.53. The third-order valence-corrected chi connectivity index (χ3v) is 4.38. The van der Waals surface area contributed by atoms with Gasteiger partial charge in [0.2, 0.25) is 12.3 Å². The van der Waals surface area contributed by atoms with Gasteiger partial charge in [0.1, 0.15) is 5.75 Å². The van der Waals surface area contributed by atoms with E-state index >= 15 is 0 Å². The van der Waals surface area contributed by atoms with Crippen molar-refractivity contribution in [1.29, 1.82) is 0 Å². The smallest absolute Gasteiger partial charge is 0.265 e. The summed E-state index contributed by atoms with van der Waals surface area (Å²) in [4.78, 5) is 14.7. The van der Waals surface area contributed by atoms with E-state index in [-0.39, 0.29) is 12.5 Å². The Balaban J connectivity index is 1.45. The highest BCUT2D eigenvalue weighted by molar-refractivity contribution is 5.94. The van der Waals surface area contributed by atoms with Crippen LogP contribution in [0.2, 0.25) is 0 Å². The van der Waals surface area contributed by atoms with Gasteiger partial charge in [0.05, 0.1) is 6.54 Å². The Bertz CT molecular complexity index is 1030. The normalized spacial score (nSPS) is 10.5. The molecule has 29 heavy (non-hydrogen) atoms. The predicted molar refractivity (Wildman–Crippen MR) is 109 cm³/mol. The molecule has 144 valence electrons. The summed E-state index contributed by atoms with van der Waals surface area (Å²) in [5.74, 6) is 0.904. The van der Waals surface area contributed by atoms with Crippen LogP contribution in [0.4, 0.5) is 5.69 Å². The Morgan fingerprint density at radius 1 is 0.897 bits per heavy atom. The molecule has 6 nitrogen and oxygen atoms in total. The van der Waals surface area contributed by atoms with Crippen molar-refractivity contribution in [3.63, 3.8) is 0 Å². The van der Waals surface area contributed by atoms with E-state index in [2.05, 4.69) is 10.2 Å². The molecule has 0 spiro atoms. The molecule has 3 aromatic carbocycles. The topological polar surface area (TPSA) is 68.5 Å². The number of amides is 1. The minimum absolute atomic E-state index is 0.0678. The SMILES string of the molecule is O=C(COc1ccc(-c2nnco2)cc1)N(Cc1ccccc1)c1ccccc1. The monoisotopic (exact) mass is 385 g/mol. The molecule has 0 radical (unpaired) electrons. The fraction of sp³-hybridized carbons (Fsp3) is 0.0870. The maximum absolute atomic E-state index is 12.9. The minimum Gasteiger partial charge on any atom is -0.484 e. The lowest BCUT2D eigenvalue weighted by molar-refractivity contribution is -0.120. The van der Waals surface area contributed by atoms with Crippen LogP contribution in [0.3, 0.4) is 0 Å². The molecule has 0 aliphatic heterocycles. The summed E-state index contributed by atoms with van der Waals surface area (Å²) >= 11 is 0. The van der Waals surface area contributed by atoms with Crippen LogP contribution < -0.4 is 9.64 Å². The first kappa shape index (κ1) is 18.4. The van der Waals surface area contributed by atoms with Crippen LogP contribution in [0, 0.1) is 0 Å². The van der Waals surface area contributed by atoms with Crippen molar-refractivity contribution < 1.29 is 13.9 Å². The second-order valence-electron chi connectivity index (χ2n) is 6.36. The number of ether oxygens (including phenoxy) is 1. The molecule has 0 atom stereocenters. The number of benzene rings is 3. The Morgan fingerprint density at radius 2 is 1.59 bits per heavy atom. The Kier molecular flexibility index (Phi) is 5.62. The Hall–Kier alpha value is -3.93. The molecule has 0 fully saturated rings. The number of anilines is 1. The summed E-state index contributed by atoms with van der Waals surface area (Å²) in [7, 11) is 0. The van der Waals surface area contributed by atoms with Gasteiger partial charge in [0.25, 0.3) is 5.91 Å². The van der Waals surface area contributed by atoms with Gasteiger partial charge in [-0.05, 0) is 42.0 Å². The molecule has 0 bridgehead atoms. The summed E-state index contributed by atoms with van der Waals surface area (Å²) in [6.07, 6.45) is 1.28. The lowest BCUT2D eigenvalue weighted by Gasteiger charge is -2.23. The van der Waals surface area contributed by atoms with Crippen molar-refractivity contribution in [2.75, 3.05) is 11.5 Å². The van der Waals surface area contributed by atoms with Gasteiger partial charge in [0.15, 0.2) is 6.61 Å². The average Bonchev–Trinajstić information content (AvgIpc) is 3.32. The van der Waals surface area contributed by atoms with Gasteiger partial charge in [-0.1, -0.05) is 48.5 Å². The number of carbonyl (C=O) groups is 1. The number of hydrogen-bond donors (Lipinski definition) is 0. The Labute approximate surface area is 168 Å². The average molecular weight is 385 g/mol. The van der Waals surface area contributed by atoms with Crippen LogP contribution >= 0.6 is 0 Å². The highest BCUT2D eigenvalue weighted by Gasteiger charge is 2.17. The van der Waals surface area contributed by atoms with E-state index < -0.39 is 0 Å². The van der Waals surface area contributed by atoms with Gasteiger partial charge in [0, 0.05) is 11.3 Å². The fourth-order valence-corrected chi connectivity index (χ4v) is 2.91. The van der Waals surface area contributed by atoms with E-state index in [1.54, 1.807) is 17.0 Å². The number of para-hydroxylation sites is 1. The zero-order valence-corrected chi connectivity index (χ0v) is 15.6. The summed E-state index contributed by atoms with van der Waals surface area (Å²) < 4.78 is 10.9. The third-order valence-electron chi connectivity index (χ3n) is 4.38.